The third-order valence-electron chi connectivity index (χ3n) is 2.96. The van der Waals surface area contributed by atoms with Crippen LogP contribution in [-0.4, -0.2) is 71.2 Å². The van der Waals surface area contributed by atoms with Crippen molar-refractivity contribution in [2.24, 2.45) is 5.73 Å². The minimum absolute atomic E-state index is 0.138. The number of likely N-dealkylation sites (N-methyl/N-ethyl adjacent to an activating group) is 1. The molecule has 0 aliphatic carbocycles. The average Bonchev–Trinajstić information content (AvgIpc) is 2.24. The molecule has 18 heavy (non-hydrogen) atoms. The Morgan fingerprint density at radius 3 is 2.67 bits per heavy atom. The summed E-state index contributed by atoms with van der Waals surface area (Å²) in [7, 11) is 5.98. The van der Waals surface area contributed by atoms with Gasteiger partial charge in [0.15, 0.2) is 0 Å². The highest BCUT2D eigenvalue weighted by atomic mass is 32.2. The normalized spacial score (nSPS) is 28.0. The first-order valence-corrected chi connectivity index (χ1v) is 6.73. The zero-order valence-corrected chi connectivity index (χ0v) is 11.5. The maximum Gasteiger partial charge on any atom is 0.352 e. The van der Waals surface area contributed by atoms with Crippen LogP contribution in [0.25, 0.3) is 0 Å². The van der Waals surface area contributed by atoms with Gasteiger partial charge in [-0.1, -0.05) is 0 Å². The van der Waals surface area contributed by atoms with Crippen molar-refractivity contribution in [1.29, 1.82) is 0 Å². The Balaban J connectivity index is 2.35. The third kappa shape index (κ3) is 2.13. The fourth-order valence-electron chi connectivity index (χ4n) is 2.27. The molecule has 2 heterocycles. The van der Waals surface area contributed by atoms with Crippen molar-refractivity contribution in [3.05, 3.63) is 11.3 Å². The summed E-state index contributed by atoms with van der Waals surface area (Å²) in [6, 6.07) is -0.560. The number of carboxylic acid groups (broad SMARTS) is 1. The van der Waals surface area contributed by atoms with E-state index in [-0.39, 0.29) is 17.0 Å². The summed E-state index contributed by atoms with van der Waals surface area (Å²) >= 11 is 1.54. The number of thioether (sulfide) groups is 1. The highest BCUT2D eigenvalue weighted by molar-refractivity contribution is 8.00. The van der Waals surface area contributed by atoms with Gasteiger partial charge in [-0.15, -0.1) is 11.8 Å². The number of nitrogens with two attached hydrogens (primary N) is 1. The van der Waals surface area contributed by atoms with Crippen molar-refractivity contribution >= 4 is 23.6 Å². The molecule has 0 spiro atoms. The largest absolute Gasteiger partial charge is 0.477 e. The van der Waals surface area contributed by atoms with Crippen LogP contribution in [0.1, 0.15) is 0 Å². The lowest BCUT2D eigenvalue weighted by Gasteiger charge is -2.48. The zero-order valence-electron chi connectivity index (χ0n) is 10.7. The molecular weight excluding hydrogens is 254 g/mol. The molecule has 2 rings (SSSR count). The van der Waals surface area contributed by atoms with Crippen molar-refractivity contribution in [1.82, 2.24) is 4.90 Å². The molecule has 6 nitrogen and oxygen atoms in total. The van der Waals surface area contributed by atoms with Gasteiger partial charge in [0.25, 0.3) is 0 Å². The second-order valence-corrected chi connectivity index (χ2v) is 6.75. The number of quaternary nitrogens is 1. The minimum atomic E-state index is -1.04. The number of β-lactam (4-membered cyclic amide) rings is 1. The molecule has 100 valence electrons. The van der Waals surface area contributed by atoms with Gasteiger partial charge in [-0.25, -0.2) is 4.79 Å². The number of hydrogen-bond donors (Lipinski definition) is 2. The van der Waals surface area contributed by atoms with Crippen LogP contribution >= 0.6 is 11.8 Å². The number of fused-ring (bicyclic) bond motifs is 1. The van der Waals surface area contributed by atoms with E-state index in [0.29, 0.717) is 16.8 Å². The molecular formula is C11H18N3O3S+. The molecule has 2 aliphatic heterocycles. The predicted octanol–water partition coefficient (Wildman–Crippen LogP) is -0.726. The van der Waals surface area contributed by atoms with Crippen LogP contribution in [0.2, 0.25) is 0 Å². The molecule has 2 unspecified atom stereocenters. The standard InChI is InChI=1S/C11H17N3O3S/c1-14(2,3)4-6-5-18-10-7(12)9(15)13(10)8(6)11(16)17/h7,10H,4-5,12H2,1-3H3/p+1. The summed E-state index contributed by atoms with van der Waals surface area (Å²) in [5, 5.41) is 9.11. The van der Waals surface area contributed by atoms with Crippen LogP contribution < -0.4 is 5.73 Å². The first kappa shape index (κ1) is 13.4. The molecule has 0 aromatic carbocycles. The second-order valence-electron chi connectivity index (χ2n) is 5.64. The number of carboxylic acids is 1. The first-order chi connectivity index (χ1) is 8.22. The van der Waals surface area contributed by atoms with Gasteiger partial charge in [0.2, 0.25) is 5.91 Å². The van der Waals surface area contributed by atoms with Crippen molar-refractivity contribution in [3.8, 4) is 0 Å². The molecule has 0 aromatic rings. The second kappa shape index (κ2) is 4.25. The lowest BCUT2D eigenvalue weighted by molar-refractivity contribution is -0.865. The van der Waals surface area contributed by atoms with Gasteiger partial charge < -0.3 is 15.3 Å². The van der Waals surface area contributed by atoms with Crippen molar-refractivity contribution in [3.63, 3.8) is 0 Å². The van der Waals surface area contributed by atoms with E-state index in [0.717, 1.165) is 5.57 Å². The van der Waals surface area contributed by atoms with Gasteiger partial charge >= 0.3 is 5.97 Å². The van der Waals surface area contributed by atoms with Crippen LogP contribution in [0.15, 0.2) is 11.3 Å². The highest BCUT2D eigenvalue weighted by Gasteiger charge is 2.52. The van der Waals surface area contributed by atoms with E-state index in [1.165, 1.54) is 4.90 Å². The maximum absolute atomic E-state index is 11.7. The van der Waals surface area contributed by atoms with Gasteiger partial charge in [0.05, 0.1) is 21.1 Å². The van der Waals surface area contributed by atoms with Gasteiger partial charge in [0.1, 0.15) is 23.7 Å². The van der Waals surface area contributed by atoms with Crippen LogP contribution in [0.3, 0.4) is 0 Å². The van der Waals surface area contributed by atoms with Gasteiger partial charge in [-0.05, 0) is 0 Å². The molecule has 2 atom stereocenters. The number of aliphatic carboxylic acids is 1. The van der Waals surface area contributed by atoms with Crippen LogP contribution in [0.4, 0.5) is 0 Å². The van der Waals surface area contributed by atoms with E-state index in [9.17, 15) is 14.7 Å². The van der Waals surface area contributed by atoms with Crippen molar-refractivity contribution in [2.45, 2.75) is 11.4 Å². The molecule has 0 saturated carbocycles. The number of carbonyl (C=O) groups is 2. The molecule has 1 fully saturated rings. The van der Waals surface area contributed by atoms with E-state index in [1.807, 2.05) is 21.1 Å². The Kier molecular flexibility index (Phi) is 3.16. The Labute approximate surface area is 110 Å². The summed E-state index contributed by atoms with van der Waals surface area (Å²) in [4.78, 5) is 24.4. The number of hydrogen-bond acceptors (Lipinski definition) is 4. The number of carbonyl (C=O) groups excluding carboxylic acids is 1. The Morgan fingerprint density at radius 1 is 1.56 bits per heavy atom. The average molecular weight is 272 g/mol. The molecule has 0 aromatic heterocycles. The highest BCUT2D eigenvalue weighted by Crippen LogP contribution is 2.39. The quantitative estimate of drug-likeness (QED) is 0.523. The van der Waals surface area contributed by atoms with E-state index < -0.39 is 12.0 Å². The molecule has 0 radical (unpaired) electrons. The smallest absolute Gasteiger partial charge is 0.352 e. The fourth-order valence-corrected chi connectivity index (χ4v) is 3.56. The van der Waals surface area contributed by atoms with E-state index in [2.05, 4.69) is 0 Å². The summed E-state index contributed by atoms with van der Waals surface area (Å²) in [6.07, 6.45) is 0. The van der Waals surface area contributed by atoms with Crippen LogP contribution in [-0.2, 0) is 9.59 Å². The van der Waals surface area contributed by atoms with E-state index >= 15 is 0 Å². The fraction of sp³-hybridized carbons (Fsp3) is 0.636. The van der Waals surface area contributed by atoms with Crippen LogP contribution in [0.5, 0.6) is 0 Å². The van der Waals surface area contributed by atoms with E-state index in [1.54, 1.807) is 11.8 Å². The van der Waals surface area contributed by atoms with Gasteiger partial charge in [-0.3, -0.25) is 9.69 Å². The van der Waals surface area contributed by atoms with Crippen molar-refractivity contribution < 1.29 is 19.2 Å². The Morgan fingerprint density at radius 2 is 2.17 bits per heavy atom. The monoisotopic (exact) mass is 272 g/mol. The lowest BCUT2D eigenvalue weighted by Crippen LogP contribution is -2.68. The Hall–Kier alpha value is -1.05. The first-order valence-electron chi connectivity index (χ1n) is 5.68. The minimum Gasteiger partial charge on any atom is -0.477 e. The molecule has 0 bridgehead atoms. The number of rotatable bonds is 3. The zero-order chi connectivity index (χ0) is 13.7. The molecule has 3 N–H and O–H groups in total. The number of amides is 1. The Bertz CT molecular complexity index is 441. The lowest BCUT2D eigenvalue weighted by atomic mass is 10.0. The maximum atomic E-state index is 11.7. The van der Waals surface area contributed by atoms with Crippen molar-refractivity contribution in [2.75, 3.05) is 33.4 Å². The molecule has 2 aliphatic rings. The van der Waals surface area contributed by atoms with Gasteiger partial charge in [-0.2, -0.15) is 0 Å². The topological polar surface area (TPSA) is 83.6 Å². The van der Waals surface area contributed by atoms with Crippen LogP contribution in [0, 0.1) is 0 Å². The summed E-state index contributed by atoms with van der Waals surface area (Å²) < 4.78 is 0.630. The predicted molar refractivity (Wildman–Crippen MR) is 68.6 cm³/mol. The molecule has 7 heteroatoms. The molecule has 1 amide bonds. The number of nitrogens with zero attached hydrogens (tertiary/aromatic N) is 2. The molecule has 1 saturated heterocycles. The van der Waals surface area contributed by atoms with Gasteiger partial charge in [0, 0.05) is 11.3 Å². The SMILES string of the molecule is C[N+](C)(C)CC1=C(C(=O)O)N2C(=O)C(N)C2SC1. The summed E-state index contributed by atoms with van der Waals surface area (Å²) in [5.74, 6) is -0.702. The summed E-state index contributed by atoms with van der Waals surface area (Å²) in [5.41, 5.74) is 6.62. The van der Waals surface area contributed by atoms with E-state index in [4.69, 9.17) is 5.73 Å². The third-order valence-corrected chi connectivity index (χ3v) is 4.32. The summed E-state index contributed by atoms with van der Waals surface area (Å²) in [6.45, 7) is 0.611.